The van der Waals surface area contributed by atoms with Crippen LogP contribution in [0.25, 0.3) is 0 Å². The molecule has 0 spiro atoms. The smallest absolute Gasteiger partial charge is 0.343 e. The third-order valence-corrected chi connectivity index (χ3v) is 5.83. The van der Waals surface area contributed by atoms with Crippen LogP contribution in [0.4, 0.5) is 27.6 Å². The number of carbonyl (C=O) groups is 1. The summed E-state index contributed by atoms with van der Waals surface area (Å²) in [4.78, 5) is 11.8. The van der Waals surface area contributed by atoms with Crippen molar-refractivity contribution in [3.8, 4) is 12.3 Å². The van der Waals surface area contributed by atoms with E-state index in [1.54, 1.807) is 0 Å². The van der Waals surface area contributed by atoms with Crippen LogP contribution in [0.2, 0.25) is 5.02 Å². The molecule has 13 heteroatoms. The van der Waals surface area contributed by atoms with Crippen LogP contribution in [0.3, 0.4) is 0 Å². The molecule has 1 amide bonds. The second-order valence-corrected chi connectivity index (χ2v) is 8.10. The Morgan fingerprint density at radius 2 is 1.87 bits per heavy atom. The number of alkyl halides is 3. The minimum atomic E-state index is -5.03. The molecule has 0 saturated carbocycles. The van der Waals surface area contributed by atoms with E-state index in [-0.39, 0.29) is 17.1 Å². The van der Waals surface area contributed by atoms with Gasteiger partial charge in [0.05, 0.1) is 5.02 Å². The van der Waals surface area contributed by atoms with E-state index >= 15 is 0 Å². The molecule has 0 aliphatic rings. The predicted molar refractivity (Wildman–Crippen MR) is 98.5 cm³/mol. The number of nitrogens with one attached hydrogen (secondary N) is 2. The number of nitrogens with zero attached hydrogens (tertiary/aromatic N) is 1. The summed E-state index contributed by atoms with van der Waals surface area (Å²) in [5.41, 5.74) is -0.596. The number of hydrogen-bond donors (Lipinski definition) is 2. The van der Waals surface area contributed by atoms with E-state index < -0.39 is 49.7 Å². The van der Waals surface area contributed by atoms with Crippen molar-refractivity contribution in [2.45, 2.75) is 24.0 Å². The minimum Gasteiger partial charge on any atom is -0.343 e. The summed E-state index contributed by atoms with van der Waals surface area (Å²) in [5, 5.41) is 1.59. The Bertz CT molecular complexity index is 1130. The summed E-state index contributed by atoms with van der Waals surface area (Å²) >= 11 is 5.50. The largest absolute Gasteiger partial charge is 0.415 e. The molecule has 2 aromatic rings. The van der Waals surface area contributed by atoms with Crippen molar-refractivity contribution >= 4 is 33.2 Å². The van der Waals surface area contributed by atoms with Crippen LogP contribution >= 0.6 is 11.6 Å². The number of terminal acetylenes is 1. The van der Waals surface area contributed by atoms with Gasteiger partial charge in [-0.05, 0) is 19.1 Å². The van der Waals surface area contributed by atoms with Gasteiger partial charge < -0.3 is 9.88 Å². The summed E-state index contributed by atoms with van der Waals surface area (Å²) in [7, 11) is -3.47. The van der Waals surface area contributed by atoms with E-state index in [1.165, 1.54) is 24.6 Å². The first-order chi connectivity index (χ1) is 13.7. The van der Waals surface area contributed by atoms with Gasteiger partial charge in [-0.1, -0.05) is 17.5 Å². The maximum absolute atomic E-state index is 13.4. The molecule has 0 unspecified atom stereocenters. The lowest BCUT2D eigenvalue weighted by atomic mass is 10.3. The highest BCUT2D eigenvalue weighted by Gasteiger charge is 2.42. The number of rotatable bonds is 5. The van der Waals surface area contributed by atoms with Gasteiger partial charge in [-0.15, -0.1) is 6.42 Å². The molecule has 0 fully saturated rings. The SMILES string of the molecule is C#C[C@@H](NS(=O)(=O)c1cc(C(=O)Nc2cc(F)c(F)c(Cl)c2)n(C)c1C)C(F)(F)F. The van der Waals surface area contributed by atoms with Gasteiger partial charge in [-0.2, -0.15) is 17.9 Å². The standard InChI is InChI=1S/C17H13ClF5N3O3S/c1-4-14(17(21,22)23)25-30(28,29)13-7-12(26(3)8(13)2)16(27)24-9-5-10(18)15(20)11(19)6-9/h1,5-7,14,25H,2-3H3,(H,24,27)/t14-/m1/s1. The lowest BCUT2D eigenvalue weighted by molar-refractivity contribution is -0.138. The Labute approximate surface area is 173 Å². The molecule has 0 bridgehead atoms. The Morgan fingerprint density at radius 1 is 1.27 bits per heavy atom. The molecule has 1 heterocycles. The Morgan fingerprint density at radius 3 is 2.37 bits per heavy atom. The van der Waals surface area contributed by atoms with Crippen molar-refractivity contribution in [2.24, 2.45) is 7.05 Å². The van der Waals surface area contributed by atoms with Gasteiger partial charge in [0, 0.05) is 24.5 Å². The Hall–Kier alpha value is -2.62. The average Bonchev–Trinajstić information content (AvgIpc) is 2.92. The van der Waals surface area contributed by atoms with Crippen LogP contribution in [0.5, 0.6) is 0 Å². The number of amides is 1. The molecule has 2 N–H and O–H groups in total. The van der Waals surface area contributed by atoms with Gasteiger partial charge in [0.2, 0.25) is 10.0 Å². The van der Waals surface area contributed by atoms with Crippen molar-refractivity contribution in [3.05, 3.63) is 46.2 Å². The van der Waals surface area contributed by atoms with E-state index in [4.69, 9.17) is 18.0 Å². The zero-order valence-electron chi connectivity index (χ0n) is 15.2. The van der Waals surface area contributed by atoms with Gasteiger partial charge >= 0.3 is 6.18 Å². The molecule has 0 aliphatic heterocycles. The second kappa shape index (κ2) is 8.25. The van der Waals surface area contributed by atoms with Crippen molar-refractivity contribution in [1.29, 1.82) is 0 Å². The van der Waals surface area contributed by atoms with Crippen molar-refractivity contribution in [1.82, 2.24) is 9.29 Å². The van der Waals surface area contributed by atoms with Crippen LogP contribution in [0, 0.1) is 30.9 Å². The number of aromatic nitrogens is 1. The summed E-state index contributed by atoms with van der Waals surface area (Å²) in [6.45, 7) is 1.25. The lowest BCUT2D eigenvalue weighted by Gasteiger charge is -2.16. The highest BCUT2D eigenvalue weighted by atomic mass is 35.5. The normalized spacial score (nSPS) is 13.0. The van der Waals surface area contributed by atoms with Crippen LogP contribution < -0.4 is 10.0 Å². The highest BCUT2D eigenvalue weighted by molar-refractivity contribution is 7.89. The molecule has 0 aliphatic carbocycles. The summed E-state index contributed by atoms with van der Waals surface area (Å²) in [5.74, 6) is -2.31. The molecule has 1 atom stereocenters. The molecular weight excluding hydrogens is 457 g/mol. The third kappa shape index (κ3) is 4.75. The topological polar surface area (TPSA) is 80.2 Å². The first-order valence-electron chi connectivity index (χ1n) is 7.86. The minimum absolute atomic E-state index is 0.0751. The second-order valence-electron chi connectivity index (χ2n) is 6.01. The Kier molecular flexibility index (Phi) is 6.51. The van der Waals surface area contributed by atoms with E-state index in [9.17, 15) is 35.2 Å². The van der Waals surface area contributed by atoms with Crippen molar-refractivity contribution in [3.63, 3.8) is 0 Å². The van der Waals surface area contributed by atoms with Gasteiger partial charge in [0.15, 0.2) is 17.7 Å². The average molecular weight is 470 g/mol. The van der Waals surface area contributed by atoms with Gasteiger partial charge in [-0.3, -0.25) is 4.79 Å². The number of anilines is 1. The first kappa shape index (κ1) is 23.7. The van der Waals surface area contributed by atoms with Crippen LogP contribution in [0.1, 0.15) is 16.2 Å². The quantitative estimate of drug-likeness (QED) is 0.400. The number of halogens is 6. The zero-order chi connectivity index (χ0) is 23.0. The van der Waals surface area contributed by atoms with E-state index in [1.807, 2.05) is 0 Å². The van der Waals surface area contributed by atoms with Crippen molar-refractivity contribution < 1.29 is 35.2 Å². The van der Waals surface area contributed by atoms with Crippen molar-refractivity contribution in [2.75, 3.05) is 5.32 Å². The van der Waals surface area contributed by atoms with Gasteiger partial charge in [-0.25, -0.2) is 17.2 Å². The maximum atomic E-state index is 13.4. The molecule has 1 aromatic carbocycles. The summed E-state index contributed by atoms with van der Waals surface area (Å²) < 4.78 is 92.3. The fourth-order valence-electron chi connectivity index (χ4n) is 2.40. The Balaban J connectivity index is 2.39. The third-order valence-electron chi connectivity index (χ3n) is 4.02. The zero-order valence-corrected chi connectivity index (χ0v) is 16.8. The lowest BCUT2D eigenvalue weighted by Crippen LogP contribution is -2.44. The molecule has 0 saturated heterocycles. The summed E-state index contributed by atoms with van der Waals surface area (Å²) in [6.07, 6.45) is -0.279. The molecule has 30 heavy (non-hydrogen) atoms. The van der Waals surface area contributed by atoms with Crippen LogP contribution in [-0.2, 0) is 17.1 Å². The van der Waals surface area contributed by atoms with E-state index in [0.29, 0.717) is 6.07 Å². The highest BCUT2D eigenvalue weighted by Crippen LogP contribution is 2.26. The monoisotopic (exact) mass is 469 g/mol. The molecule has 2 rings (SSSR count). The first-order valence-corrected chi connectivity index (χ1v) is 9.72. The van der Waals surface area contributed by atoms with Gasteiger partial charge in [0.1, 0.15) is 10.6 Å². The fourth-order valence-corrected chi connectivity index (χ4v) is 4.04. The predicted octanol–water partition coefficient (Wildman–Crippen LogP) is 3.36. The number of benzene rings is 1. The van der Waals surface area contributed by atoms with E-state index in [2.05, 4.69) is 5.32 Å². The fraction of sp³-hybridized carbons (Fsp3) is 0.235. The van der Waals surface area contributed by atoms with Crippen LogP contribution in [0.15, 0.2) is 23.1 Å². The number of carbonyl (C=O) groups excluding carboxylic acids is 1. The number of hydrogen-bond acceptors (Lipinski definition) is 3. The molecule has 1 aromatic heterocycles. The molecule has 0 radical (unpaired) electrons. The van der Waals surface area contributed by atoms with Gasteiger partial charge in [0.25, 0.3) is 5.91 Å². The summed E-state index contributed by atoms with van der Waals surface area (Å²) in [6, 6.07) is -0.384. The van der Waals surface area contributed by atoms with Crippen LogP contribution in [-0.4, -0.2) is 31.1 Å². The molecule has 6 nitrogen and oxygen atoms in total. The molecular formula is C17H13ClF5N3O3S. The molecule has 162 valence electrons. The number of sulfonamides is 1. The van der Waals surface area contributed by atoms with E-state index in [0.717, 1.165) is 16.7 Å². The maximum Gasteiger partial charge on any atom is 0.415 e.